The number of nitrogens with zero attached hydrogens (tertiary/aromatic N) is 1. The van der Waals surface area contributed by atoms with Gasteiger partial charge in [0, 0.05) is 34.9 Å². The van der Waals surface area contributed by atoms with Crippen LogP contribution in [0.5, 0.6) is 0 Å². The van der Waals surface area contributed by atoms with Gasteiger partial charge in [-0.05, 0) is 25.3 Å². The van der Waals surface area contributed by atoms with Gasteiger partial charge < -0.3 is 5.11 Å². The second-order valence-corrected chi connectivity index (χ2v) is 5.73. The average molecular weight is 263 g/mol. The van der Waals surface area contributed by atoms with Crippen LogP contribution in [0.25, 0.3) is 0 Å². The van der Waals surface area contributed by atoms with E-state index in [4.69, 9.17) is 5.11 Å². The van der Waals surface area contributed by atoms with Gasteiger partial charge in [0.1, 0.15) is 0 Å². The number of hydrogen-bond donors (Lipinski definition) is 1. The van der Waals surface area contributed by atoms with E-state index in [1.165, 1.54) is 17.7 Å². The Bertz CT molecular complexity index is 441. The van der Waals surface area contributed by atoms with Crippen molar-refractivity contribution in [2.45, 2.75) is 35.8 Å². The van der Waals surface area contributed by atoms with E-state index in [-0.39, 0.29) is 6.42 Å². The molecule has 2 rings (SSSR count). The molecule has 0 radical (unpaired) electrons. The average Bonchev–Trinajstić information content (AvgIpc) is 3.14. The fourth-order valence-electron chi connectivity index (χ4n) is 1.54. The minimum Gasteiger partial charge on any atom is -0.481 e. The lowest BCUT2D eigenvalue weighted by Gasteiger charge is -2.03. The van der Waals surface area contributed by atoms with Crippen molar-refractivity contribution in [1.29, 1.82) is 0 Å². The third kappa shape index (κ3) is 4.53. The van der Waals surface area contributed by atoms with Gasteiger partial charge in [0.15, 0.2) is 0 Å². The van der Waals surface area contributed by atoms with Gasteiger partial charge in [-0.3, -0.25) is 9.79 Å². The van der Waals surface area contributed by atoms with Crippen molar-refractivity contribution in [3.63, 3.8) is 0 Å². The summed E-state index contributed by atoms with van der Waals surface area (Å²) in [6.45, 7) is 0.578. The summed E-state index contributed by atoms with van der Waals surface area (Å²) in [5.74, 6) is -0.755. The fourth-order valence-corrected chi connectivity index (χ4v) is 2.69. The first kappa shape index (κ1) is 13.1. The number of benzene rings is 1. The molecule has 1 aliphatic rings. The standard InChI is InChI=1S/C14H17NO2S/c16-14(17)6-3-9-15-10-11-4-1-2-5-13(11)18-12-7-8-12/h1-2,4-5,10,12H,3,6-9H2,(H,16,17)/b15-10+. The van der Waals surface area contributed by atoms with Crippen LogP contribution < -0.4 is 0 Å². The number of carboxylic acid groups (broad SMARTS) is 1. The summed E-state index contributed by atoms with van der Waals surface area (Å²) in [5, 5.41) is 9.31. The highest BCUT2D eigenvalue weighted by Gasteiger charge is 2.23. The molecule has 0 amide bonds. The third-order valence-corrected chi connectivity index (χ3v) is 4.08. The van der Waals surface area contributed by atoms with E-state index in [0.29, 0.717) is 13.0 Å². The number of aliphatic imine (C=N–C) groups is 1. The van der Waals surface area contributed by atoms with Crippen molar-refractivity contribution >= 4 is 23.9 Å². The zero-order valence-electron chi connectivity index (χ0n) is 10.2. The Balaban J connectivity index is 1.86. The highest BCUT2D eigenvalue weighted by Crippen LogP contribution is 2.39. The van der Waals surface area contributed by atoms with Gasteiger partial charge in [-0.2, -0.15) is 0 Å². The van der Waals surface area contributed by atoms with Crippen LogP contribution in [0.4, 0.5) is 0 Å². The quantitative estimate of drug-likeness (QED) is 0.607. The summed E-state index contributed by atoms with van der Waals surface area (Å²) >= 11 is 1.92. The predicted molar refractivity (Wildman–Crippen MR) is 74.7 cm³/mol. The number of rotatable bonds is 7. The summed E-state index contributed by atoms with van der Waals surface area (Å²) in [4.78, 5) is 15.9. The van der Waals surface area contributed by atoms with E-state index in [2.05, 4.69) is 17.1 Å². The Kier molecular flexibility index (Phi) is 4.81. The fraction of sp³-hybridized carbons (Fsp3) is 0.429. The van der Waals surface area contributed by atoms with Crippen LogP contribution in [0.2, 0.25) is 0 Å². The van der Waals surface area contributed by atoms with Crippen LogP contribution in [0.1, 0.15) is 31.2 Å². The zero-order valence-corrected chi connectivity index (χ0v) is 11.0. The molecule has 1 aliphatic carbocycles. The molecule has 4 heteroatoms. The molecule has 0 bridgehead atoms. The van der Waals surface area contributed by atoms with Crippen molar-refractivity contribution in [3.05, 3.63) is 29.8 Å². The van der Waals surface area contributed by atoms with Crippen LogP contribution in [0.3, 0.4) is 0 Å². The molecule has 0 aromatic heterocycles. The summed E-state index contributed by atoms with van der Waals surface area (Å²) < 4.78 is 0. The molecular formula is C14H17NO2S. The molecule has 0 unspecified atom stereocenters. The molecule has 96 valence electrons. The molecule has 1 aromatic carbocycles. The Hall–Kier alpha value is -1.29. The number of hydrogen-bond acceptors (Lipinski definition) is 3. The van der Waals surface area contributed by atoms with Crippen LogP contribution in [0, 0.1) is 0 Å². The molecule has 1 aromatic rings. The SMILES string of the molecule is O=C(O)CCC/N=C/c1ccccc1SC1CC1. The monoisotopic (exact) mass is 263 g/mol. The van der Waals surface area contributed by atoms with E-state index in [9.17, 15) is 4.79 Å². The van der Waals surface area contributed by atoms with E-state index < -0.39 is 5.97 Å². The summed E-state index contributed by atoms with van der Waals surface area (Å²) in [7, 11) is 0. The Morgan fingerprint density at radius 1 is 1.44 bits per heavy atom. The van der Waals surface area contributed by atoms with Crippen LogP contribution in [-0.2, 0) is 4.79 Å². The Morgan fingerprint density at radius 2 is 2.22 bits per heavy atom. The second-order valence-electron chi connectivity index (χ2n) is 4.39. The molecule has 0 aliphatic heterocycles. The van der Waals surface area contributed by atoms with E-state index >= 15 is 0 Å². The molecule has 18 heavy (non-hydrogen) atoms. The largest absolute Gasteiger partial charge is 0.481 e. The topological polar surface area (TPSA) is 49.7 Å². The lowest BCUT2D eigenvalue weighted by molar-refractivity contribution is -0.137. The lowest BCUT2D eigenvalue weighted by Crippen LogP contribution is -1.96. The zero-order chi connectivity index (χ0) is 12.8. The van der Waals surface area contributed by atoms with Crippen molar-refractivity contribution in [3.8, 4) is 0 Å². The smallest absolute Gasteiger partial charge is 0.303 e. The van der Waals surface area contributed by atoms with Gasteiger partial charge in [0.2, 0.25) is 0 Å². The van der Waals surface area contributed by atoms with Crippen LogP contribution in [0.15, 0.2) is 34.2 Å². The van der Waals surface area contributed by atoms with E-state index in [1.54, 1.807) is 0 Å². The number of thioether (sulfide) groups is 1. The molecule has 0 atom stereocenters. The van der Waals surface area contributed by atoms with Gasteiger partial charge in [-0.15, -0.1) is 11.8 Å². The predicted octanol–water partition coefficient (Wildman–Crippen LogP) is 3.22. The summed E-state index contributed by atoms with van der Waals surface area (Å²) in [5.41, 5.74) is 1.14. The summed E-state index contributed by atoms with van der Waals surface area (Å²) in [6.07, 6.45) is 5.29. The van der Waals surface area contributed by atoms with Crippen molar-refractivity contribution < 1.29 is 9.90 Å². The highest BCUT2D eigenvalue weighted by molar-refractivity contribution is 8.00. The molecule has 1 saturated carbocycles. The molecule has 0 heterocycles. The number of carbonyl (C=O) groups is 1. The van der Waals surface area contributed by atoms with Crippen LogP contribution in [-0.4, -0.2) is 29.1 Å². The number of carboxylic acids is 1. The van der Waals surface area contributed by atoms with Crippen molar-refractivity contribution in [2.75, 3.05) is 6.54 Å². The Labute approximate surface area is 111 Å². The molecule has 1 N–H and O–H groups in total. The first-order chi connectivity index (χ1) is 8.75. The molecule has 1 fully saturated rings. The molecule has 3 nitrogen and oxygen atoms in total. The summed E-state index contributed by atoms with van der Waals surface area (Å²) in [6, 6.07) is 8.25. The minimum absolute atomic E-state index is 0.190. The molecule has 0 saturated heterocycles. The highest BCUT2D eigenvalue weighted by atomic mass is 32.2. The van der Waals surface area contributed by atoms with Gasteiger partial charge in [-0.25, -0.2) is 0 Å². The maximum absolute atomic E-state index is 10.4. The molecular weight excluding hydrogens is 246 g/mol. The first-order valence-corrected chi connectivity index (χ1v) is 7.11. The maximum Gasteiger partial charge on any atom is 0.303 e. The van der Waals surface area contributed by atoms with Gasteiger partial charge in [0.25, 0.3) is 0 Å². The van der Waals surface area contributed by atoms with Crippen LogP contribution >= 0.6 is 11.8 Å². The number of aliphatic carboxylic acids is 1. The lowest BCUT2D eigenvalue weighted by atomic mass is 10.2. The van der Waals surface area contributed by atoms with Gasteiger partial charge >= 0.3 is 5.97 Å². The van der Waals surface area contributed by atoms with E-state index in [1.807, 2.05) is 30.1 Å². The third-order valence-electron chi connectivity index (χ3n) is 2.65. The molecule has 0 spiro atoms. The first-order valence-electron chi connectivity index (χ1n) is 6.23. The van der Waals surface area contributed by atoms with Crippen molar-refractivity contribution in [2.24, 2.45) is 4.99 Å². The minimum atomic E-state index is -0.755. The normalized spacial score (nSPS) is 15.1. The van der Waals surface area contributed by atoms with Gasteiger partial charge in [0.05, 0.1) is 0 Å². The maximum atomic E-state index is 10.4. The van der Waals surface area contributed by atoms with E-state index in [0.717, 1.165) is 10.8 Å². The second kappa shape index (κ2) is 6.59. The Morgan fingerprint density at radius 3 is 2.94 bits per heavy atom. The van der Waals surface area contributed by atoms with Crippen molar-refractivity contribution in [1.82, 2.24) is 0 Å². The van der Waals surface area contributed by atoms with Gasteiger partial charge in [-0.1, -0.05) is 18.2 Å².